The Hall–Kier alpha value is -2.34. The lowest BCUT2D eigenvalue weighted by molar-refractivity contribution is 0.0959. The van der Waals surface area contributed by atoms with Gasteiger partial charge in [0.15, 0.2) is 11.5 Å². The fourth-order valence-corrected chi connectivity index (χ4v) is 2.36. The first-order valence-corrected chi connectivity index (χ1v) is 7.69. The monoisotopic (exact) mass is 318 g/mol. The van der Waals surface area contributed by atoms with Crippen molar-refractivity contribution in [2.45, 2.75) is 20.0 Å². The van der Waals surface area contributed by atoms with Crippen LogP contribution in [0.1, 0.15) is 29.1 Å². The zero-order valence-corrected chi connectivity index (χ0v) is 13.5. The molecule has 0 saturated carbocycles. The Kier molecular flexibility index (Phi) is 5.55. The molecular formula is C16H18N2O3S. The molecule has 2 aromatic rings. The van der Waals surface area contributed by atoms with Crippen LogP contribution in [0.3, 0.4) is 0 Å². The van der Waals surface area contributed by atoms with Crippen molar-refractivity contribution in [1.29, 1.82) is 0 Å². The van der Waals surface area contributed by atoms with Crippen molar-refractivity contribution < 1.29 is 14.3 Å². The first kappa shape index (κ1) is 16.0. The van der Waals surface area contributed by atoms with Crippen LogP contribution in [-0.4, -0.2) is 25.3 Å². The van der Waals surface area contributed by atoms with Crippen LogP contribution in [0, 0.1) is 0 Å². The number of rotatable bonds is 6. The van der Waals surface area contributed by atoms with Gasteiger partial charge in [0.25, 0.3) is 5.91 Å². The third-order valence-electron chi connectivity index (χ3n) is 2.68. The molecule has 0 saturated heterocycles. The molecule has 1 aromatic heterocycles. The van der Waals surface area contributed by atoms with Gasteiger partial charge in [0.05, 0.1) is 24.3 Å². The van der Waals surface area contributed by atoms with Crippen molar-refractivity contribution in [2.24, 2.45) is 5.10 Å². The summed E-state index contributed by atoms with van der Waals surface area (Å²) in [6.07, 6.45) is 1.63. The second-order valence-corrected chi connectivity index (χ2v) is 5.70. The van der Waals surface area contributed by atoms with Gasteiger partial charge >= 0.3 is 0 Å². The number of thiophene rings is 1. The van der Waals surface area contributed by atoms with Gasteiger partial charge in [0.1, 0.15) is 0 Å². The first-order valence-electron chi connectivity index (χ1n) is 6.81. The van der Waals surface area contributed by atoms with E-state index in [4.69, 9.17) is 9.47 Å². The Bertz CT molecular complexity index is 651. The highest BCUT2D eigenvalue weighted by atomic mass is 32.1. The molecule has 0 radical (unpaired) electrons. The number of ether oxygens (including phenoxy) is 2. The van der Waals surface area contributed by atoms with Gasteiger partial charge < -0.3 is 9.47 Å². The molecule has 22 heavy (non-hydrogen) atoms. The van der Waals surface area contributed by atoms with Crippen LogP contribution in [0.5, 0.6) is 11.5 Å². The Morgan fingerprint density at radius 3 is 2.77 bits per heavy atom. The van der Waals surface area contributed by atoms with Crippen molar-refractivity contribution in [2.75, 3.05) is 7.11 Å². The van der Waals surface area contributed by atoms with Gasteiger partial charge in [-0.25, -0.2) is 5.43 Å². The van der Waals surface area contributed by atoms with Crippen LogP contribution in [0.15, 0.2) is 40.8 Å². The quantitative estimate of drug-likeness (QED) is 0.656. The number of hydrogen-bond donors (Lipinski definition) is 1. The summed E-state index contributed by atoms with van der Waals surface area (Å²) >= 11 is 1.37. The molecule has 6 heteroatoms. The number of hydrogen-bond acceptors (Lipinski definition) is 5. The molecule has 1 heterocycles. The van der Waals surface area contributed by atoms with Crippen molar-refractivity contribution in [3.63, 3.8) is 0 Å². The van der Waals surface area contributed by atoms with E-state index in [0.717, 1.165) is 5.56 Å². The van der Waals surface area contributed by atoms with Gasteiger partial charge in [-0.3, -0.25) is 4.79 Å². The van der Waals surface area contributed by atoms with E-state index < -0.39 is 0 Å². The average molecular weight is 318 g/mol. The van der Waals surface area contributed by atoms with Crippen LogP contribution in [0.25, 0.3) is 0 Å². The van der Waals surface area contributed by atoms with Crippen molar-refractivity contribution in [3.05, 3.63) is 46.2 Å². The predicted octanol–water partition coefficient (Wildman–Crippen LogP) is 3.31. The summed E-state index contributed by atoms with van der Waals surface area (Å²) in [5.41, 5.74) is 3.29. The van der Waals surface area contributed by atoms with Crippen LogP contribution in [-0.2, 0) is 0 Å². The molecule has 0 bridgehead atoms. The van der Waals surface area contributed by atoms with E-state index in [-0.39, 0.29) is 12.0 Å². The van der Waals surface area contributed by atoms with E-state index in [0.29, 0.717) is 16.4 Å². The van der Waals surface area contributed by atoms with E-state index in [1.54, 1.807) is 25.5 Å². The van der Waals surface area contributed by atoms with Crippen LogP contribution < -0.4 is 14.9 Å². The summed E-state index contributed by atoms with van der Waals surface area (Å²) in [5, 5.41) is 5.79. The highest BCUT2D eigenvalue weighted by molar-refractivity contribution is 7.12. The summed E-state index contributed by atoms with van der Waals surface area (Å²) < 4.78 is 10.9. The Morgan fingerprint density at radius 2 is 2.14 bits per heavy atom. The maximum Gasteiger partial charge on any atom is 0.281 e. The molecule has 1 amide bonds. The fourth-order valence-electron chi connectivity index (χ4n) is 1.74. The molecule has 0 unspecified atom stereocenters. The van der Waals surface area contributed by atoms with Gasteiger partial charge in [-0.1, -0.05) is 6.07 Å². The summed E-state index contributed by atoms with van der Waals surface area (Å²) in [6.45, 7) is 3.91. The fraction of sp³-hybridized carbons (Fsp3) is 0.250. The molecular weight excluding hydrogens is 300 g/mol. The lowest BCUT2D eigenvalue weighted by Crippen LogP contribution is -2.16. The van der Waals surface area contributed by atoms with Crippen molar-refractivity contribution >= 4 is 23.5 Å². The highest BCUT2D eigenvalue weighted by Crippen LogP contribution is 2.28. The van der Waals surface area contributed by atoms with E-state index in [9.17, 15) is 4.79 Å². The maximum absolute atomic E-state index is 11.7. The molecule has 2 rings (SSSR count). The van der Waals surface area contributed by atoms with Gasteiger partial charge in [0.2, 0.25) is 0 Å². The van der Waals surface area contributed by atoms with Crippen molar-refractivity contribution in [1.82, 2.24) is 5.43 Å². The topological polar surface area (TPSA) is 59.9 Å². The zero-order valence-electron chi connectivity index (χ0n) is 12.7. The van der Waals surface area contributed by atoms with Crippen molar-refractivity contribution in [3.8, 4) is 11.5 Å². The minimum absolute atomic E-state index is 0.0681. The third-order valence-corrected chi connectivity index (χ3v) is 3.54. The number of benzene rings is 1. The third kappa shape index (κ3) is 4.33. The molecule has 0 aliphatic heterocycles. The molecule has 0 spiro atoms. The van der Waals surface area contributed by atoms with Crippen LogP contribution in [0.2, 0.25) is 0 Å². The second kappa shape index (κ2) is 7.61. The molecule has 0 atom stereocenters. The number of carbonyl (C=O) groups is 1. The van der Waals surface area contributed by atoms with E-state index in [1.165, 1.54) is 11.3 Å². The number of nitrogens with zero attached hydrogens (tertiary/aromatic N) is 1. The number of amides is 1. The molecule has 0 fully saturated rings. The normalized spacial score (nSPS) is 10.9. The summed E-state index contributed by atoms with van der Waals surface area (Å²) in [4.78, 5) is 12.4. The van der Waals surface area contributed by atoms with Crippen LogP contribution in [0.4, 0.5) is 0 Å². The maximum atomic E-state index is 11.7. The molecule has 1 aromatic carbocycles. The number of nitrogens with one attached hydrogen (secondary N) is 1. The van der Waals surface area contributed by atoms with E-state index in [1.807, 2.05) is 37.4 Å². The molecule has 0 aliphatic rings. The SMILES string of the molecule is COc1cc(/C=N\NC(=O)c2cccs2)ccc1OC(C)C. The molecule has 5 nitrogen and oxygen atoms in total. The van der Waals surface area contributed by atoms with Gasteiger partial charge in [-0.2, -0.15) is 5.10 Å². The van der Waals surface area contributed by atoms with Gasteiger partial charge in [-0.15, -0.1) is 11.3 Å². The van der Waals surface area contributed by atoms with E-state index in [2.05, 4.69) is 10.5 Å². The van der Waals surface area contributed by atoms with Gasteiger partial charge in [-0.05, 0) is 49.1 Å². The predicted molar refractivity (Wildman–Crippen MR) is 88.1 cm³/mol. The smallest absolute Gasteiger partial charge is 0.281 e. The minimum Gasteiger partial charge on any atom is -0.493 e. The highest BCUT2D eigenvalue weighted by Gasteiger charge is 2.07. The average Bonchev–Trinajstić information content (AvgIpc) is 3.02. The summed E-state index contributed by atoms with van der Waals surface area (Å²) in [6, 6.07) is 9.04. The molecule has 0 aliphatic carbocycles. The Labute approximate surface area is 133 Å². The number of carbonyl (C=O) groups excluding carboxylic acids is 1. The Morgan fingerprint density at radius 1 is 1.32 bits per heavy atom. The largest absolute Gasteiger partial charge is 0.493 e. The zero-order chi connectivity index (χ0) is 15.9. The number of methoxy groups -OCH3 is 1. The lowest BCUT2D eigenvalue weighted by Gasteiger charge is -2.13. The van der Waals surface area contributed by atoms with Gasteiger partial charge in [0, 0.05) is 0 Å². The first-order chi connectivity index (χ1) is 10.6. The Balaban J connectivity index is 2.03. The summed E-state index contributed by atoms with van der Waals surface area (Å²) in [5.74, 6) is 1.08. The van der Waals surface area contributed by atoms with E-state index >= 15 is 0 Å². The van der Waals surface area contributed by atoms with Crippen LogP contribution >= 0.6 is 11.3 Å². The lowest BCUT2D eigenvalue weighted by atomic mass is 10.2. The minimum atomic E-state index is -0.224. The summed E-state index contributed by atoms with van der Waals surface area (Å²) in [7, 11) is 1.59. The molecule has 116 valence electrons. The molecule has 1 N–H and O–H groups in total. The second-order valence-electron chi connectivity index (χ2n) is 4.75. The number of hydrazone groups is 1. The standard InChI is InChI=1S/C16H18N2O3S/c1-11(2)21-13-7-6-12(9-14(13)20-3)10-17-18-16(19)15-5-4-8-22-15/h4-11H,1-3H3,(H,18,19)/b17-10-.